The van der Waals surface area contributed by atoms with Crippen LogP contribution in [0.15, 0.2) is 36.8 Å². The van der Waals surface area contributed by atoms with Crippen molar-refractivity contribution in [3.8, 4) is 0 Å². The zero-order chi connectivity index (χ0) is 15.9. The summed E-state index contributed by atoms with van der Waals surface area (Å²) in [5, 5.41) is 10.9. The van der Waals surface area contributed by atoms with Crippen LogP contribution in [-0.4, -0.2) is 40.3 Å². The Bertz CT molecular complexity index is 629. The molecule has 138 valence electrons. The average Bonchev–Trinajstić information content (AvgIpc) is 3.05. The molecule has 1 atom stereocenters. The molecule has 3 rings (SSSR count). The van der Waals surface area contributed by atoms with E-state index in [1.807, 2.05) is 24.4 Å². The van der Waals surface area contributed by atoms with Crippen molar-refractivity contribution in [1.29, 1.82) is 0 Å². The van der Waals surface area contributed by atoms with Crippen LogP contribution in [0.5, 0.6) is 0 Å². The van der Waals surface area contributed by atoms with E-state index in [-0.39, 0.29) is 37.3 Å². The van der Waals surface area contributed by atoms with Crippen LogP contribution in [0.3, 0.4) is 0 Å². The lowest BCUT2D eigenvalue weighted by atomic mass is 9.97. The fraction of sp³-hybridized carbons (Fsp3) is 0.471. The van der Waals surface area contributed by atoms with Gasteiger partial charge in [0.2, 0.25) is 5.91 Å². The summed E-state index contributed by atoms with van der Waals surface area (Å²) in [4.78, 5) is 16.0. The highest BCUT2D eigenvalue weighted by Gasteiger charge is 2.17. The highest BCUT2D eigenvalue weighted by atomic mass is 35.5. The second-order valence-electron chi connectivity index (χ2n) is 5.94. The molecule has 1 aliphatic heterocycles. The van der Waals surface area contributed by atoms with Gasteiger partial charge in [-0.15, -0.1) is 24.8 Å². The molecule has 25 heavy (non-hydrogen) atoms. The topological polar surface area (TPSA) is 71.8 Å². The average molecular weight is 386 g/mol. The van der Waals surface area contributed by atoms with Gasteiger partial charge in [0.05, 0.1) is 5.69 Å². The van der Waals surface area contributed by atoms with Crippen molar-refractivity contribution in [2.45, 2.75) is 31.7 Å². The Morgan fingerprint density at radius 1 is 1.28 bits per heavy atom. The van der Waals surface area contributed by atoms with Gasteiger partial charge >= 0.3 is 0 Å². The summed E-state index contributed by atoms with van der Waals surface area (Å²) in [5.74, 6) is 0.468. The van der Waals surface area contributed by atoms with Crippen LogP contribution >= 0.6 is 24.8 Å². The SMILES string of the molecule is Cl.Cl.O=C(Cn1ccc(C2CCCNC2)n1)NCCc1ccncc1. The van der Waals surface area contributed by atoms with Gasteiger partial charge in [0.15, 0.2) is 0 Å². The normalized spacial score (nSPS) is 16.4. The van der Waals surface area contributed by atoms with E-state index >= 15 is 0 Å². The number of carbonyl (C=O) groups is 1. The molecule has 1 unspecified atom stereocenters. The van der Waals surface area contributed by atoms with Gasteiger partial charge in [0.1, 0.15) is 6.54 Å². The molecule has 0 radical (unpaired) electrons. The number of hydrogen-bond donors (Lipinski definition) is 2. The molecule has 0 aliphatic carbocycles. The molecule has 0 spiro atoms. The van der Waals surface area contributed by atoms with Crippen LogP contribution < -0.4 is 10.6 Å². The molecule has 2 N–H and O–H groups in total. The van der Waals surface area contributed by atoms with Crippen LogP contribution in [0.4, 0.5) is 0 Å². The lowest BCUT2D eigenvalue weighted by molar-refractivity contribution is -0.121. The Morgan fingerprint density at radius 2 is 2.08 bits per heavy atom. The van der Waals surface area contributed by atoms with Crippen LogP contribution in [0, 0.1) is 0 Å². The first-order valence-electron chi connectivity index (χ1n) is 8.21. The first-order chi connectivity index (χ1) is 11.3. The molecule has 0 saturated carbocycles. The Morgan fingerprint density at radius 3 is 2.80 bits per heavy atom. The number of carbonyl (C=O) groups excluding carboxylic acids is 1. The second kappa shape index (κ2) is 11.1. The molecule has 1 aliphatic rings. The fourth-order valence-corrected chi connectivity index (χ4v) is 2.89. The van der Waals surface area contributed by atoms with Gasteiger partial charge in [-0.05, 0) is 49.6 Å². The first kappa shape index (κ1) is 21.4. The Labute approximate surface area is 160 Å². The summed E-state index contributed by atoms with van der Waals surface area (Å²) >= 11 is 0. The number of halogens is 2. The van der Waals surface area contributed by atoms with E-state index in [9.17, 15) is 4.79 Å². The fourth-order valence-electron chi connectivity index (χ4n) is 2.89. The summed E-state index contributed by atoms with van der Waals surface area (Å²) < 4.78 is 1.73. The Hall–Kier alpha value is -1.63. The first-order valence-corrected chi connectivity index (χ1v) is 8.21. The number of piperidine rings is 1. The summed E-state index contributed by atoms with van der Waals surface area (Å²) in [6.45, 7) is 2.98. The van der Waals surface area contributed by atoms with Crippen molar-refractivity contribution >= 4 is 30.7 Å². The number of hydrogen-bond acceptors (Lipinski definition) is 4. The van der Waals surface area contributed by atoms with Gasteiger partial charge in [-0.1, -0.05) is 0 Å². The minimum Gasteiger partial charge on any atom is -0.354 e. The Balaban J connectivity index is 0.00000156. The highest BCUT2D eigenvalue weighted by molar-refractivity contribution is 5.85. The number of pyridine rings is 1. The molecule has 3 heterocycles. The maximum absolute atomic E-state index is 12.0. The smallest absolute Gasteiger partial charge is 0.241 e. The van der Waals surface area contributed by atoms with Gasteiger partial charge in [0, 0.05) is 37.6 Å². The Kier molecular flexibility index (Phi) is 9.49. The maximum Gasteiger partial charge on any atom is 0.241 e. The van der Waals surface area contributed by atoms with Crippen LogP contribution in [-0.2, 0) is 17.8 Å². The molecule has 0 aromatic carbocycles. The van der Waals surface area contributed by atoms with E-state index in [2.05, 4.69) is 20.7 Å². The molecule has 6 nitrogen and oxygen atoms in total. The van der Waals surface area contributed by atoms with Crippen molar-refractivity contribution in [1.82, 2.24) is 25.4 Å². The van der Waals surface area contributed by atoms with Crippen molar-refractivity contribution in [2.75, 3.05) is 19.6 Å². The van der Waals surface area contributed by atoms with E-state index in [4.69, 9.17) is 0 Å². The lowest BCUT2D eigenvalue weighted by Gasteiger charge is -2.20. The van der Waals surface area contributed by atoms with Gasteiger partial charge < -0.3 is 10.6 Å². The predicted octanol–water partition coefficient (Wildman–Crippen LogP) is 1.95. The van der Waals surface area contributed by atoms with Crippen molar-refractivity contribution in [2.24, 2.45) is 0 Å². The molecule has 1 amide bonds. The number of amides is 1. The van der Waals surface area contributed by atoms with Crippen LogP contribution in [0.1, 0.15) is 30.0 Å². The maximum atomic E-state index is 12.0. The minimum absolute atomic E-state index is 0. The largest absolute Gasteiger partial charge is 0.354 e. The van der Waals surface area contributed by atoms with Crippen LogP contribution in [0.25, 0.3) is 0 Å². The highest BCUT2D eigenvalue weighted by Crippen LogP contribution is 2.21. The third-order valence-electron chi connectivity index (χ3n) is 4.17. The van der Waals surface area contributed by atoms with Crippen molar-refractivity contribution in [3.05, 3.63) is 48.0 Å². The summed E-state index contributed by atoms with van der Waals surface area (Å²) in [7, 11) is 0. The molecule has 1 saturated heterocycles. The minimum atomic E-state index is -0.00419. The van der Waals surface area contributed by atoms with E-state index in [0.717, 1.165) is 25.2 Å². The van der Waals surface area contributed by atoms with Gasteiger partial charge in [-0.25, -0.2) is 0 Å². The van der Waals surface area contributed by atoms with Crippen LogP contribution in [0.2, 0.25) is 0 Å². The number of nitrogens with one attached hydrogen (secondary N) is 2. The van der Waals surface area contributed by atoms with Gasteiger partial charge in [-0.3, -0.25) is 14.5 Å². The third kappa shape index (κ3) is 6.65. The molecule has 2 aromatic rings. The van der Waals surface area contributed by atoms with Gasteiger partial charge in [0.25, 0.3) is 0 Å². The standard InChI is InChI=1S/C17H23N5O.2ClH/c23-17(20-10-5-14-3-8-18-9-4-14)13-22-11-6-16(21-22)15-2-1-7-19-12-15;;/h3-4,6,8-9,11,15,19H,1-2,5,7,10,12-13H2,(H,20,23);2*1H. The number of rotatable bonds is 6. The summed E-state index contributed by atoms with van der Waals surface area (Å²) in [6, 6.07) is 5.95. The zero-order valence-electron chi connectivity index (χ0n) is 14.1. The van der Waals surface area contributed by atoms with Crippen molar-refractivity contribution < 1.29 is 4.79 Å². The summed E-state index contributed by atoms with van der Waals surface area (Å²) in [5.41, 5.74) is 2.26. The van der Waals surface area contributed by atoms with Crippen molar-refractivity contribution in [3.63, 3.8) is 0 Å². The molecular weight excluding hydrogens is 361 g/mol. The van der Waals surface area contributed by atoms with Gasteiger partial charge in [-0.2, -0.15) is 5.10 Å². The zero-order valence-corrected chi connectivity index (χ0v) is 15.7. The third-order valence-corrected chi connectivity index (χ3v) is 4.17. The van der Waals surface area contributed by atoms with E-state index in [0.29, 0.717) is 12.5 Å². The second-order valence-corrected chi connectivity index (χ2v) is 5.94. The van der Waals surface area contributed by atoms with E-state index in [1.54, 1.807) is 17.1 Å². The number of nitrogens with zero attached hydrogens (tertiary/aromatic N) is 3. The predicted molar refractivity (Wildman–Crippen MR) is 103 cm³/mol. The summed E-state index contributed by atoms with van der Waals surface area (Å²) in [6.07, 6.45) is 8.60. The molecule has 1 fully saturated rings. The monoisotopic (exact) mass is 385 g/mol. The van der Waals surface area contributed by atoms with E-state index in [1.165, 1.54) is 18.4 Å². The lowest BCUT2D eigenvalue weighted by Crippen LogP contribution is -2.30. The number of aromatic nitrogens is 3. The van der Waals surface area contributed by atoms with E-state index < -0.39 is 0 Å². The molecular formula is C17H25Cl2N5O. The molecule has 8 heteroatoms. The molecule has 0 bridgehead atoms. The quantitative estimate of drug-likeness (QED) is 0.796. The molecule has 2 aromatic heterocycles.